The van der Waals surface area contributed by atoms with Crippen LogP contribution >= 0.6 is 0 Å². The van der Waals surface area contributed by atoms with Crippen LogP contribution in [0.25, 0.3) is 0 Å². The first kappa shape index (κ1) is 11.9. The first-order valence-electron chi connectivity index (χ1n) is 6.10. The molecule has 0 heterocycles. The molecule has 0 fully saturated rings. The average molecular weight is 225 g/mol. The van der Waals surface area contributed by atoms with Crippen LogP contribution in [0.1, 0.15) is 29.7 Å². The molecule has 0 saturated carbocycles. The Balaban J connectivity index is 1.99. The summed E-state index contributed by atoms with van der Waals surface area (Å²) in [5, 5.41) is 3.56. The SMILES string of the molecule is Cc1ccccc1C(C)NCc1ccccc1. The second kappa shape index (κ2) is 5.65. The monoisotopic (exact) mass is 225 g/mol. The third-order valence-electron chi connectivity index (χ3n) is 3.11. The highest BCUT2D eigenvalue weighted by atomic mass is 14.9. The second-order valence-corrected chi connectivity index (χ2v) is 4.44. The lowest BCUT2D eigenvalue weighted by atomic mass is 10.0. The van der Waals surface area contributed by atoms with Gasteiger partial charge in [-0.1, -0.05) is 54.6 Å². The van der Waals surface area contributed by atoms with Crippen LogP contribution in [0.5, 0.6) is 0 Å². The molecule has 0 aliphatic heterocycles. The van der Waals surface area contributed by atoms with E-state index in [0.29, 0.717) is 6.04 Å². The van der Waals surface area contributed by atoms with Crippen molar-refractivity contribution in [2.45, 2.75) is 26.4 Å². The van der Waals surface area contributed by atoms with Crippen molar-refractivity contribution in [3.8, 4) is 0 Å². The summed E-state index contributed by atoms with van der Waals surface area (Å²) in [4.78, 5) is 0. The van der Waals surface area contributed by atoms with Crippen molar-refractivity contribution in [2.24, 2.45) is 0 Å². The van der Waals surface area contributed by atoms with Crippen molar-refractivity contribution in [1.29, 1.82) is 0 Å². The molecule has 0 saturated heterocycles. The number of rotatable bonds is 4. The van der Waals surface area contributed by atoms with Crippen LogP contribution in [0.3, 0.4) is 0 Å². The molecule has 1 atom stereocenters. The molecule has 0 radical (unpaired) electrons. The molecule has 1 heteroatoms. The van der Waals surface area contributed by atoms with Gasteiger partial charge < -0.3 is 5.32 Å². The highest BCUT2D eigenvalue weighted by molar-refractivity contribution is 5.28. The molecule has 0 amide bonds. The zero-order chi connectivity index (χ0) is 12.1. The van der Waals surface area contributed by atoms with Crippen molar-refractivity contribution in [1.82, 2.24) is 5.32 Å². The molecule has 2 rings (SSSR count). The molecule has 1 nitrogen and oxygen atoms in total. The van der Waals surface area contributed by atoms with Crippen LogP contribution in [0, 0.1) is 6.92 Å². The number of nitrogens with one attached hydrogen (secondary N) is 1. The Hall–Kier alpha value is -1.60. The minimum atomic E-state index is 0.386. The van der Waals surface area contributed by atoms with Crippen LogP contribution in [-0.4, -0.2) is 0 Å². The minimum Gasteiger partial charge on any atom is -0.306 e. The van der Waals surface area contributed by atoms with Gasteiger partial charge in [0.25, 0.3) is 0 Å². The second-order valence-electron chi connectivity index (χ2n) is 4.44. The van der Waals surface area contributed by atoms with Gasteiger partial charge in [0.2, 0.25) is 0 Å². The molecular formula is C16H19N. The van der Waals surface area contributed by atoms with E-state index in [-0.39, 0.29) is 0 Å². The average Bonchev–Trinajstić information content (AvgIpc) is 2.38. The summed E-state index contributed by atoms with van der Waals surface area (Å²) in [6.45, 7) is 5.29. The highest BCUT2D eigenvalue weighted by Crippen LogP contribution is 2.17. The van der Waals surface area contributed by atoms with Crippen molar-refractivity contribution in [3.05, 3.63) is 71.3 Å². The number of benzene rings is 2. The molecule has 0 spiro atoms. The van der Waals surface area contributed by atoms with Gasteiger partial charge in [0.1, 0.15) is 0 Å². The highest BCUT2D eigenvalue weighted by Gasteiger charge is 2.06. The summed E-state index contributed by atoms with van der Waals surface area (Å²) in [6, 6.07) is 19.4. The third-order valence-corrected chi connectivity index (χ3v) is 3.11. The van der Waals surface area contributed by atoms with Crippen LogP contribution < -0.4 is 5.32 Å². The van der Waals surface area contributed by atoms with E-state index in [1.165, 1.54) is 16.7 Å². The van der Waals surface area contributed by atoms with Gasteiger partial charge in [-0.3, -0.25) is 0 Å². The number of hydrogen-bond acceptors (Lipinski definition) is 1. The van der Waals surface area contributed by atoms with Gasteiger partial charge in [0.05, 0.1) is 0 Å². The lowest BCUT2D eigenvalue weighted by Crippen LogP contribution is -2.18. The van der Waals surface area contributed by atoms with Gasteiger partial charge in [-0.2, -0.15) is 0 Å². The Morgan fingerprint density at radius 1 is 0.941 bits per heavy atom. The molecule has 0 bridgehead atoms. The van der Waals surface area contributed by atoms with Gasteiger partial charge in [-0.05, 0) is 30.5 Å². The van der Waals surface area contributed by atoms with E-state index >= 15 is 0 Å². The standard InChI is InChI=1S/C16H19N/c1-13-8-6-7-11-16(13)14(2)17-12-15-9-4-3-5-10-15/h3-11,14,17H,12H2,1-2H3. The van der Waals surface area contributed by atoms with Gasteiger partial charge >= 0.3 is 0 Å². The van der Waals surface area contributed by atoms with E-state index in [9.17, 15) is 0 Å². The first-order chi connectivity index (χ1) is 8.27. The largest absolute Gasteiger partial charge is 0.306 e. The molecule has 2 aromatic carbocycles. The normalized spacial score (nSPS) is 12.4. The van der Waals surface area contributed by atoms with Crippen LogP contribution in [0.2, 0.25) is 0 Å². The number of hydrogen-bond donors (Lipinski definition) is 1. The maximum absolute atomic E-state index is 3.56. The molecule has 0 aromatic heterocycles. The number of aryl methyl sites for hydroxylation is 1. The molecule has 2 aromatic rings. The topological polar surface area (TPSA) is 12.0 Å². The molecule has 0 aliphatic carbocycles. The lowest BCUT2D eigenvalue weighted by molar-refractivity contribution is 0.572. The van der Waals surface area contributed by atoms with E-state index < -0.39 is 0 Å². The Morgan fingerprint density at radius 2 is 1.59 bits per heavy atom. The van der Waals surface area contributed by atoms with Gasteiger partial charge in [-0.25, -0.2) is 0 Å². The summed E-state index contributed by atoms with van der Waals surface area (Å²) in [6.07, 6.45) is 0. The van der Waals surface area contributed by atoms with E-state index in [1.807, 2.05) is 6.07 Å². The maximum Gasteiger partial charge on any atom is 0.0297 e. The maximum atomic E-state index is 3.56. The fourth-order valence-electron chi connectivity index (χ4n) is 2.05. The fraction of sp³-hybridized carbons (Fsp3) is 0.250. The summed E-state index contributed by atoms with van der Waals surface area (Å²) >= 11 is 0. The fourth-order valence-corrected chi connectivity index (χ4v) is 2.05. The molecule has 17 heavy (non-hydrogen) atoms. The van der Waals surface area contributed by atoms with E-state index in [1.54, 1.807) is 0 Å². The minimum absolute atomic E-state index is 0.386. The van der Waals surface area contributed by atoms with Crippen LogP contribution in [0.15, 0.2) is 54.6 Å². The summed E-state index contributed by atoms with van der Waals surface area (Å²) < 4.78 is 0. The van der Waals surface area contributed by atoms with Crippen molar-refractivity contribution < 1.29 is 0 Å². The first-order valence-corrected chi connectivity index (χ1v) is 6.10. The Kier molecular flexibility index (Phi) is 3.94. The predicted octanol–water partition coefficient (Wildman–Crippen LogP) is 3.85. The molecule has 88 valence electrons. The third kappa shape index (κ3) is 3.18. The Bertz CT molecular complexity index is 462. The van der Waals surface area contributed by atoms with Crippen molar-refractivity contribution in [3.63, 3.8) is 0 Å². The lowest BCUT2D eigenvalue weighted by Gasteiger charge is -2.16. The Labute approximate surface area is 103 Å². The smallest absolute Gasteiger partial charge is 0.0297 e. The molecule has 1 N–H and O–H groups in total. The molecular weight excluding hydrogens is 206 g/mol. The molecule has 0 aliphatic rings. The summed E-state index contributed by atoms with van der Waals surface area (Å²) in [5.74, 6) is 0. The summed E-state index contributed by atoms with van der Waals surface area (Å²) in [7, 11) is 0. The van der Waals surface area contributed by atoms with E-state index in [2.05, 4.69) is 67.7 Å². The van der Waals surface area contributed by atoms with Crippen molar-refractivity contribution >= 4 is 0 Å². The van der Waals surface area contributed by atoms with E-state index in [4.69, 9.17) is 0 Å². The van der Waals surface area contributed by atoms with Crippen molar-refractivity contribution in [2.75, 3.05) is 0 Å². The predicted molar refractivity (Wildman–Crippen MR) is 72.9 cm³/mol. The van der Waals surface area contributed by atoms with Crippen LogP contribution in [0.4, 0.5) is 0 Å². The summed E-state index contributed by atoms with van der Waals surface area (Å²) in [5.41, 5.74) is 4.05. The van der Waals surface area contributed by atoms with Gasteiger partial charge in [-0.15, -0.1) is 0 Å². The van der Waals surface area contributed by atoms with Crippen LogP contribution in [-0.2, 0) is 6.54 Å². The Morgan fingerprint density at radius 3 is 2.29 bits per heavy atom. The zero-order valence-electron chi connectivity index (χ0n) is 10.5. The molecule has 1 unspecified atom stereocenters. The van der Waals surface area contributed by atoms with E-state index in [0.717, 1.165) is 6.54 Å². The quantitative estimate of drug-likeness (QED) is 0.833. The zero-order valence-corrected chi connectivity index (χ0v) is 10.5. The van der Waals surface area contributed by atoms with Gasteiger partial charge in [0, 0.05) is 12.6 Å². The van der Waals surface area contributed by atoms with Gasteiger partial charge in [0.15, 0.2) is 0 Å².